The van der Waals surface area contributed by atoms with Gasteiger partial charge in [-0.1, -0.05) is 6.42 Å². The molecule has 0 aromatic carbocycles. The standard InChI is InChI=1S/C10H14O3/c11-8-4-6-2-1-3-7(5-8)9(6)10(12)13/h6-7,9H,1-5H2,(H,12,13). The maximum Gasteiger partial charge on any atom is 0.307 e. The zero-order valence-electron chi connectivity index (χ0n) is 7.53. The van der Waals surface area contributed by atoms with Crippen molar-refractivity contribution in [2.24, 2.45) is 17.8 Å². The summed E-state index contributed by atoms with van der Waals surface area (Å²) in [5.74, 6) is -0.379. The Morgan fingerprint density at radius 1 is 1.23 bits per heavy atom. The molecule has 3 heteroatoms. The lowest BCUT2D eigenvalue weighted by atomic mass is 9.64. The van der Waals surface area contributed by atoms with Crippen molar-refractivity contribution in [1.29, 1.82) is 0 Å². The highest BCUT2D eigenvalue weighted by Crippen LogP contribution is 2.43. The van der Waals surface area contributed by atoms with Crippen LogP contribution in [0, 0.1) is 17.8 Å². The Kier molecular flexibility index (Phi) is 2.10. The number of hydrogen-bond donors (Lipinski definition) is 1. The molecule has 0 saturated heterocycles. The number of Topliss-reactive ketones (excluding diaryl/α,β-unsaturated/α-hetero) is 1. The van der Waals surface area contributed by atoms with Gasteiger partial charge in [0.2, 0.25) is 0 Å². The normalized spacial score (nSPS) is 38.8. The number of rotatable bonds is 1. The molecule has 2 atom stereocenters. The quantitative estimate of drug-likeness (QED) is 0.668. The monoisotopic (exact) mass is 182 g/mol. The van der Waals surface area contributed by atoms with Crippen molar-refractivity contribution < 1.29 is 14.7 Å². The summed E-state index contributed by atoms with van der Waals surface area (Å²) in [6.45, 7) is 0. The summed E-state index contributed by atoms with van der Waals surface area (Å²) < 4.78 is 0. The molecule has 0 heterocycles. The lowest BCUT2D eigenvalue weighted by Crippen LogP contribution is -2.40. The number of carboxylic acid groups (broad SMARTS) is 1. The van der Waals surface area contributed by atoms with Crippen LogP contribution in [0.1, 0.15) is 32.1 Å². The molecule has 0 aliphatic heterocycles. The zero-order valence-corrected chi connectivity index (χ0v) is 7.53. The van der Waals surface area contributed by atoms with Crippen molar-refractivity contribution in [3.8, 4) is 0 Å². The topological polar surface area (TPSA) is 54.4 Å². The molecule has 2 rings (SSSR count). The third kappa shape index (κ3) is 1.47. The predicted molar refractivity (Wildman–Crippen MR) is 46.2 cm³/mol. The zero-order chi connectivity index (χ0) is 9.42. The van der Waals surface area contributed by atoms with Gasteiger partial charge in [-0.3, -0.25) is 9.59 Å². The fourth-order valence-electron chi connectivity index (χ4n) is 2.92. The Hall–Kier alpha value is -0.860. The number of carbonyl (C=O) groups is 2. The molecule has 1 N–H and O–H groups in total. The molecule has 0 aromatic rings. The Balaban J connectivity index is 2.19. The van der Waals surface area contributed by atoms with E-state index in [4.69, 9.17) is 5.11 Å². The van der Waals surface area contributed by atoms with Crippen LogP contribution in [0.2, 0.25) is 0 Å². The second-order valence-corrected chi connectivity index (χ2v) is 4.26. The maximum atomic E-state index is 11.3. The molecular formula is C10H14O3. The van der Waals surface area contributed by atoms with Gasteiger partial charge in [0.15, 0.2) is 0 Å². The molecule has 2 unspecified atom stereocenters. The first-order valence-electron chi connectivity index (χ1n) is 4.93. The van der Waals surface area contributed by atoms with Gasteiger partial charge in [0.1, 0.15) is 5.78 Å². The molecule has 3 nitrogen and oxygen atoms in total. The molecule has 0 radical (unpaired) electrons. The molecule has 0 amide bonds. The number of ketones is 1. The summed E-state index contributed by atoms with van der Waals surface area (Å²) in [5.41, 5.74) is 0. The van der Waals surface area contributed by atoms with Crippen LogP contribution in [0.3, 0.4) is 0 Å². The highest BCUT2D eigenvalue weighted by molar-refractivity contribution is 5.83. The third-order valence-electron chi connectivity index (χ3n) is 3.43. The van der Waals surface area contributed by atoms with E-state index in [0.29, 0.717) is 12.8 Å². The molecule has 0 aromatic heterocycles. The van der Waals surface area contributed by atoms with Gasteiger partial charge in [-0.25, -0.2) is 0 Å². The van der Waals surface area contributed by atoms with E-state index in [1.165, 1.54) is 0 Å². The van der Waals surface area contributed by atoms with Crippen molar-refractivity contribution in [3.63, 3.8) is 0 Å². The van der Waals surface area contributed by atoms with E-state index in [1.807, 2.05) is 0 Å². The van der Waals surface area contributed by atoms with Crippen molar-refractivity contribution in [1.82, 2.24) is 0 Å². The van der Waals surface area contributed by atoms with Crippen LogP contribution in [0.15, 0.2) is 0 Å². The smallest absolute Gasteiger partial charge is 0.307 e. The highest BCUT2D eigenvalue weighted by atomic mass is 16.4. The van der Waals surface area contributed by atoms with Gasteiger partial charge in [0, 0.05) is 12.8 Å². The Bertz CT molecular complexity index is 231. The second kappa shape index (κ2) is 3.13. The maximum absolute atomic E-state index is 11.3. The highest BCUT2D eigenvalue weighted by Gasteiger charge is 2.43. The molecule has 2 aliphatic rings. The van der Waals surface area contributed by atoms with Crippen molar-refractivity contribution in [2.75, 3.05) is 0 Å². The first-order valence-corrected chi connectivity index (χ1v) is 4.93. The third-order valence-corrected chi connectivity index (χ3v) is 3.43. The number of fused-ring (bicyclic) bond motifs is 2. The van der Waals surface area contributed by atoms with E-state index in [-0.39, 0.29) is 23.5 Å². The van der Waals surface area contributed by atoms with Gasteiger partial charge in [0.25, 0.3) is 0 Å². The fourth-order valence-corrected chi connectivity index (χ4v) is 2.92. The minimum Gasteiger partial charge on any atom is -0.481 e. The van der Waals surface area contributed by atoms with Crippen LogP contribution in [0.5, 0.6) is 0 Å². The van der Waals surface area contributed by atoms with Crippen molar-refractivity contribution in [2.45, 2.75) is 32.1 Å². The van der Waals surface area contributed by atoms with Gasteiger partial charge in [-0.05, 0) is 24.7 Å². The summed E-state index contributed by atoms with van der Waals surface area (Å²) in [4.78, 5) is 22.2. The Morgan fingerprint density at radius 3 is 2.23 bits per heavy atom. The largest absolute Gasteiger partial charge is 0.481 e. The summed E-state index contributed by atoms with van der Waals surface area (Å²) in [5, 5.41) is 9.02. The lowest BCUT2D eigenvalue weighted by Gasteiger charge is -2.39. The number of aliphatic carboxylic acids is 1. The van der Waals surface area contributed by atoms with E-state index >= 15 is 0 Å². The first-order chi connectivity index (χ1) is 6.18. The molecular weight excluding hydrogens is 168 g/mol. The minimum atomic E-state index is -0.692. The second-order valence-electron chi connectivity index (χ2n) is 4.26. The van der Waals surface area contributed by atoms with Gasteiger partial charge < -0.3 is 5.11 Å². The van der Waals surface area contributed by atoms with E-state index in [0.717, 1.165) is 19.3 Å². The Morgan fingerprint density at radius 2 is 1.77 bits per heavy atom. The minimum absolute atomic E-state index is 0.137. The number of carboxylic acids is 1. The molecule has 2 bridgehead atoms. The SMILES string of the molecule is O=C1CC2CCCC(C1)C2C(=O)O. The van der Waals surface area contributed by atoms with Crippen molar-refractivity contribution >= 4 is 11.8 Å². The molecule has 72 valence electrons. The van der Waals surface area contributed by atoms with E-state index in [9.17, 15) is 9.59 Å². The van der Waals surface area contributed by atoms with Gasteiger partial charge in [-0.15, -0.1) is 0 Å². The Labute approximate surface area is 77.1 Å². The molecule has 0 spiro atoms. The van der Waals surface area contributed by atoms with Crippen LogP contribution >= 0.6 is 0 Å². The van der Waals surface area contributed by atoms with Crippen molar-refractivity contribution in [3.05, 3.63) is 0 Å². The first kappa shape index (κ1) is 8.73. The predicted octanol–water partition coefficient (Wildman–Crippen LogP) is 1.47. The van der Waals surface area contributed by atoms with E-state index in [2.05, 4.69) is 0 Å². The summed E-state index contributed by atoms with van der Waals surface area (Å²) in [6, 6.07) is 0. The summed E-state index contributed by atoms with van der Waals surface area (Å²) >= 11 is 0. The molecule has 2 saturated carbocycles. The number of hydrogen-bond acceptors (Lipinski definition) is 2. The van der Waals surface area contributed by atoms with Crippen LogP contribution in [-0.4, -0.2) is 16.9 Å². The average molecular weight is 182 g/mol. The summed E-state index contributed by atoms with van der Waals surface area (Å²) in [6.07, 6.45) is 3.98. The van der Waals surface area contributed by atoms with Gasteiger partial charge >= 0.3 is 5.97 Å². The molecule has 2 aliphatic carbocycles. The van der Waals surface area contributed by atoms with Crippen LogP contribution in [-0.2, 0) is 9.59 Å². The van der Waals surface area contributed by atoms with Gasteiger partial charge in [0.05, 0.1) is 5.92 Å². The average Bonchev–Trinajstić information content (AvgIpc) is 2.01. The van der Waals surface area contributed by atoms with Crippen LogP contribution in [0.25, 0.3) is 0 Å². The number of carbonyl (C=O) groups excluding carboxylic acids is 1. The summed E-state index contributed by atoms with van der Waals surface area (Å²) in [7, 11) is 0. The van der Waals surface area contributed by atoms with E-state index < -0.39 is 5.97 Å². The van der Waals surface area contributed by atoms with Gasteiger partial charge in [-0.2, -0.15) is 0 Å². The molecule has 2 fully saturated rings. The van der Waals surface area contributed by atoms with E-state index in [1.54, 1.807) is 0 Å². The van der Waals surface area contributed by atoms with Crippen LogP contribution in [0.4, 0.5) is 0 Å². The lowest BCUT2D eigenvalue weighted by molar-refractivity contribution is -0.151. The van der Waals surface area contributed by atoms with Crippen LogP contribution < -0.4 is 0 Å². The molecule has 13 heavy (non-hydrogen) atoms. The fraction of sp³-hybridized carbons (Fsp3) is 0.800.